The molecule has 120 valence electrons. The van der Waals surface area contributed by atoms with Gasteiger partial charge in [-0.15, -0.1) is 0 Å². The van der Waals surface area contributed by atoms with Crippen molar-refractivity contribution in [2.45, 2.75) is 13.8 Å². The number of hydrogen-bond donors (Lipinski definition) is 2. The fourth-order valence-corrected chi connectivity index (χ4v) is 2.02. The zero-order chi connectivity index (χ0) is 17.5. The number of anilines is 2. The van der Waals surface area contributed by atoms with Gasteiger partial charge in [-0.05, 0) is 42.8 Å². The fourth-order valence-electron chi connectivity index (χ4n) is 2.02. The van der Waals surface area contributed by atoms with Crippen molar-refractivity contribution >= 4 is 29.3 Å². The second-order valence-corrected chi connectivity index (χ2v) is 5.29. The molecule has 2 aromatic carbocycles. The van der Waals surface area contributed by atoms with Crippen LogP contribution in [0.5, 0.6) is 0 Å². The molecule has 0 saturated carbocycles. The summed E-state index contributed by atoms with van der Waals surface area (Å²) in [6, 6.07) is 16.1. The Morgan fingerprint density at radius 1 is 0.958 bits per heavy atom. The van der Waals surface area contributed by atoms with E-state index in [2.05, 4.69) is 10.6 Å². The van der Waals surface area contributed by atoms with Crippen LogP contribution in [0.1, 0.15) is 18.1 Å². The summed E-state index contributed by atoms with van der Waals surface area (Å²) in [6.45, 7) is 3.38. The predicted octanol–water partition coefficient (Wildman–Crippen LogP) is 3.50. The van der Waals surface area contributed by atoms with Crippen LogP contribution in [0.25, 0.3) is 6.08 Å². The minimum Gasteiger partial charge on any atom is -0.326 e. The minimum absolute atomic E-state index is 0.00264. The van der Waals surface area contributed by atoms with E-state index in [9.17, 15) is 14.9 Å². The van der Waals surface area contributed by atoms with Crippen molar-refractivity contribution in [3.8, 4) is 6.07 Å². The summed E-state index contributed by atoms with van der Waals surface area (Å²) < 4.78 is 0. The molecule has 0 spiro atoms. The summed E-state index contributed by atoms with van der Waals surface area (Å²) >= 11 is 0. The number of nitrogens with one attached hydrogen (secondary N) is 2. The third-order valence-electron chi connectivity index (χ3n) is 3.22. The number of aryl methyl sites for hydroxylation is 1. The Hall–Kier alpha value is -3.39. The van der Waals surface area contributed by atoms with Crippen LogP contribution in [-0.4, -0.2) is 11.8 Å². The molecule has 0 radical (unpaired) electrons. The van der Waals surface area contributed by atoms with Crippen molar-refractivity contribution in [2.24, 2.45) is 0 Å². The van der Waals surface area contributed by atoms with E-state index in [4.69, 9.17) is 0 Å². The maximum absolute atomic E-state index is 12.2. The highest BCUT2D eigenvalue weighted by atomic mass is 16.2. The van der Waals surface area contributed by atoms with E-state index in [1.807, 2.05) is 25.1 Å². The van der Waals surface area contributed by atoms with E-state index < -0.39 is 5.91 Å². The number of carbonyl (C=O) groups is 2. The van der Waals surface area contributed by atoms with E-state index in [1.54, 1.807) is 36.4 Å². The van der Waals surface area contributed by atoms with Gasteiger partial charge in [0, 0.05) is 18.3 Å². The third-order valence-corrected chi connectivity index (χ3v) is 3.22. The molecular formula is C19H17N3O2. The highest BCUT2D eigenvalue weighted by molar-refractivity contribution is 6.09. The van der Waals surface area contributed by atoms with E-state index in [1.165, 1.54) is 13.0 Å². The zero-order valence-electron chi connectivity index (χ0n) is 13.5. The summed E-state index contributed by atoms with van der Waals surface area (Å²) in [5.41, 5.74) is 3.07. The van der Waals surface area contributed by atoms with Crippen LogP contribution in [0.4, 0.5) is 11.4 Å². The van der Waals surface area contributed by atoms with Crippen LogP contribution in [0.3, 0.4) is 0 Å². The quantitative estimate of drug-likeness (QED) is 0.668. The van der Waals surface area contributed by atoms with Gasteiger partial charge in [-0.1, -0.05) is 29.8 Å². The Kier molecular flexibility index (Phi) is 5.48. The molecule has 0 aliphatic rings. The van der Waals surface area contributed by atoms with Gasteiger partial charge in [-0.25, -0.2) is 0 Å². The van der Waals surface area contributed by atoms with Crippen LogP contribution >= 0.6 is 0 Å². The van der Waals surface area contributed by atoms with Crippen molar-refractivity contribution in [1.29, 1.82) is 5.26 Å². The van der Waals surface area contributed by atoms with Gasteiger partial charge >= 0.3 is 0 Å². The maximum atomic E-state index is 12.2. The first kappa shape index (κ1) is 17.0. The molecule has 2 amide bonds. The average Bonchev–Trinajstić information content (AvgIpc) is 2.55. The van der Waals surface area contributed by atoms with Gasteiger partial charge in [0.05, 0.1) is 0 Å². The minimum atomic E-state index is -0.465. The molecule has 5 heteroatoms. The van der Waals surface area contributed by atoms with Crippen molar-refractivity contribution in [3.05, 3.63) is 65.2 Å². The van der Waals surface area contributed by atoms with Crippen molar-refractivity contribution in [1.82, 2.24) is 0 Å². The lowest BCUT2D eigenvalue weighted by molar-refractivity contribution is -0.114. The standard InChI is InChI=1S/C19H17N3O2/c1-13-3-7-18(8-4-13)22-19(24)16(12-20)11-15-5-9-17(10-6-15)21-14(2)23/h3-11H,1-2H3,(H,21,23)(H,22,24)/b16-11+. The van der Waals surface area contributed by atoms with Gasteiger partial charge in [0.15, 0.2) is 0 Å². The van der Waals surface area contributed by atoms with Gasteiger partial charge in [-0.3, -0.25) is 9.59 Å². The SMILES string of the molecule is CC(=O)Nc1ccc(/C=C(\C#N)C(=O)Nc2ccc(C)cc2)cc1. The molecule has 0 aliphatic carbocycles. The second-order valence-electron chi connectivity index (χ2n) is 5.29. The average molecular weight is 319 g/mol. The molecule has 0 unspecified atom stereocenters. The molecule has 0 heterocycles. The summed E-state index contributed by atoms with van der Waals surface area (Å²) in [6.07, 6.45) is 1.50. The van der Waals surface area contributed by atoms with Crippen LogP contribution in [0.2, 0.25) is 0 Å². The molecule has 2 N–H and O–H groups in total. The lowest BCUT2D eigenvalue weighted by atomic mass is 10.1. The van der Waals surface area contributed by atoms with Crippen LogP contribution in [0.15, 0.2) is 54.1 Å². The fraction of sp³-hybridized carbons (Fsp3) is 0.105. The molecule has 24 heavy (non-hydrogen) atoms. The summed E-state index contributed by atoms with van der Waals surface area (Å²) in [5.74, 6) is -0.624. The number of nitriles is 1. The number of amides is 2. The molecule has 0 atom stereocenters. The first-order valence-electron chi connectivity index (χ1n) is 7.35. The van der Waals surface area contributed by atoms with Gasteiger partial charge < -0.3 is 10.6 Å². The first-order chi connectivity index (χ1) is 11.5. The maximum Gasteiger partial charge on any atom is 0.266 e. The van der Waals surface area contributed by atoms with Gasteiger partial charge in [-0.2, -0.15) is 5.26 Å². The van der Waals surface area contributed by atoms with Crippen molar-refractivity contribution < 1.29 is 9.59 Å². The molecule has 2 aromatic rings. The van der Waals surface area contributed by atoms with E-state index in [0.717, 1.165) is 5.56 Å². The highest BCUT2D eigenvalue weighted by Crippen LogP contribution is 2.14. The summed E-state index contributed by atoms with van der Waals surface area (Å²) in [4.78, 5) is 23.2. The molecule has 0 aromatic heterocycles. The first-order valence-corrected chi connectivity index (χ1v) is 7.35. The third kappa shape index (κ3) is 4.82. The second kappa shape index (κ2) is 7.75. The Morgan fingerprint density at radius 3 is 2.04 bits per heavy atom. The van der Waals surface area contributed by atoms with Gasteiger partial charge in [0.25, 0.3) is 5.91 Å². The van der Waals surface area contributed by atoms with Crippen LogP contribution in [-0.2, 0) is 9.59 Å². The van der Waals surface area contributed by atoms with Crippen molar-refractivity contribution in [2.75, 3.05) is 10.6 Å². The highest BCUT2D eigenvalue weighted by Gasteiger charge is 2.09. The molecule has 5 nitrogen and oxygen atoms in total. The zero-order valence-corrected chi connectivity index (χ0v) is 13.5. The van der Waals surface area contributed by atoms with E-state index >= 15 is 0 Å². The number of hydrogen-bond acceptors (Lipinski definition) is 3. The predicted molar refractivity (Wildman–Crippen MR) is 94.1 cm³/mol. The Bertz CT molecular complexity index is 813. The molecule has 0 aliphatic heterocycles. The number of nitrogens with zero attached hydrogens (tertiary/aromatic N) is 1. The van der Waals surface area contributed by atoms with Gasteiger partial charge in [0.1, 0.15) is 11.6 Å². The van der Waals surface area contributed by atoms with E-state index in [-0.39, 0.29) is 11.5 Å². The van der Waals surface area contributed by atoms with Crippen LogP contribution < -0.4 is 10.6 Å². The summed E-state index contributed by atoms with van der Waals surface area (Å²) in [7, 11) is 0. The molecule has 0 saturated heterocycles. The topological polar surface area (TPSA) is 82.0 Å². The van der Waals surface area contributed by atoms with E-state index in [0.29, 0.717) is 16.9 Å². The monoisotopic (exact) mass is 319 g/mol. The smallest absolute Gasteiger partial charge is 0.266 e. The summed E-state index contributed by atoms with van der Waals surface area (Å²) in [5, 5.41) is 14.6. The van der Waals surface area contributed by atoms with Gasteiger partial charge in [0.2, 0.25) is 5.91 Å². The Balaban J connectivity index is 2.13. The number of rotatable bonds is 4. The molecule has 2 rings (SSSR count). The van der Waals surface area contributed by atoms with Crippen LogP contribution in [0, 0.1) is 18.3 Å². The Morgan fingerprint density at radius 2 is 1.50 bits per heavy atom. The lowest BCUT2D eigenvalue weighted by Gasteiger charge is -2.05. The lowest BCUT2D eigenvalue weighted by Crippen LogP contribution is -2.13. The normalized spacial score (nSPS) is 10.6. The Labute approximate surface area is 140 Å². The van der Waals surface area contributed by atoms with Crippen molar-refractivity contribution in [3.63, 3.8) is 0 Å². The molecular weight excluding hydrogens is 302 g/mol. The number of benzene rings is 2. The largest absolute Gasteiger partial charge is 0.326 e. The molecule has 0 bridgehead atoms. The number of carbonyl (C=O) groups excluding carboxylic acids is 2. The molecule has 0 fully saturated rings.